The van der Waals surface area contributed by atoms with Gasteiger partial charge in [-0.2, -0.15) is 12.7 Å². The van der Waals surface area contributed by atoms with Crippen LogP contribution in [0.25, 0.3) is 0 Å². The number of anilines is 1. The van der Waals surface area contributed by atoms with Crippen LogP contribution in [0.1, 0.15) is 0 Å². The van der Waals surface area contributed by atoms with E-state index in [1.165, 1.54) is 26.5 Å². The van der Waals surface area contributed by atoms with Gasteiger partial charge in [-0.3, -0.25) is 4.72 Å². The molecule has 78 valence electrons. The minimum Gasteiger partial charge on any atom is -0.253 e. The lowest BCUT2D eigenvalue weighted by Gasteiger charge is -2.11. The maximum atomic E-state index is 11.3. The number of rotatable bonds is 3. The van der Waals surface area contributed by atoms with E-state index in [1.54, 1.807) is 0 Å². The molecular formula is C6H9ClN4O2S. The zero-order valence-electron chi connectivity index (χ0n) is 7.60. The summed E-state index contributed by atoms with van der Waals surface area (Å²) in [5, 5.41) is 0.206. The molecule has 0 aliphatic carbocycles. The molecule has 0 aliphatic rings. The van der Waals surface area contributed by atoms with Crippen molar-refractivity contribution in [3.8, 4) is 0 Å². The molecule has 0 saturated carbocycles. The topological polar surface area (TPSA) is 75.2 Å². The smallest absolute Gasteiger partial charge is 0.253 e. The Labute approximate surface area is 87.1 Å². The molecule has 14 heavy (non-hydrogen) atoms. The third kappa shape index (κ3) is 2.79. The molecule has 0 saturated heterocycles. The lowest BCUT2D eigenvalue weighted by atomic mass is 10.7. The number of hydrogen-bond acceptors (Lipinski definition) is 4. The van der Waals surface area contributed by atoms with Crippen LogP contribution in [0.15, 0.2) is 12.4 Å². The average molecular weight is 237 g/mol. The van der Waals surface area contributed by atoms with Gasteiger partial charge in [0.1, 0.15) is 5.15 Å². The molecule has 0 unspecified atom stereocenters. The largest absolute Gasteiger partial charge is 0.302 e. The second-order valence-electron chi connectivity index (χ2n) is 2.61. The predicted octanol–water partition coefficient (Wildman–Crippen LogP) is 0.348. The van der Waals surface area contributed by atoms with Crippen molar-refractivity contribution in [2.45, 2.75) is 0 Å². The average Bonchev–Trinajstić information content (AvgIpc) is 2.08. The molecule has 0 bridgehead atoms. The number of nitrogens with one attached hydrogen (secondary N) is 1. The van der Waals surface area contributed by atoms with Crippen LogP contribution < -0.4 is 4.72 Å². The van der Waals surface area contributed by atoms with Gasteiger partial charge in [0.25, 0.3) is 0 Å². The van der Waals surface area contributed by atoms with E-state index in [4.69, 9.17) is 11.6 Å². The zero-order valence-corrected chi connectivity index (χ0v) is 9.17. The fraction of sp³-hybridized carbons (Fsp3) is 0.333. The molecule has 8 heteroatoms. The van der Waals surface area contributed by atoms with E-state index in [9.17, 15) is 8.42 Å². The van der Waals surface area contributed by atoms with E-state index in [2.05, 4.69) is 14.7 Å². The van der Waals surface area contributed by atoms with Crippen LogP contribution in [-0.2, 0) is 10.2 Å². The first kappa shape index (κ1) is 11.2. The van der Waals surface area contributed by atoms with Crippen molar-refractivity contribution in [1.29, 1.82) is 0 Å². The van der Waals surface area contributed by atoms with Crippen molar-refractivity contribution in [2.24, 2.45) is 0 Å². The Morgan fingerprint density at radius 3 is 2.43 bits per heavy atom. The maximum absolute atomic E-state index is 11.3. The van der Waals surface area contributed by atoms with Gasteiger partial charge in [0, 0.05) is 14.1 Å². The summed E-state index contributed by atoms with van der Waals surface area (Å²) >= 11 is 5.48. The van der Waals surface area contributed by atoms with Gasteiger partial charge in [0.05, 0.1) is 12.4 Å². The molecule has 1 heterocycles. The first-order valence-corrected chi connectivity index (χ1v) is 5.41. The first-order chi connectivity index (χ1) is 6.42. The molecule has 1 rings (SSSR count). The van der Waals surface area contributed by atoms with Gasteiger partial charge in [0.15, 0.2) is 5.82 Å². The summed E-state index contributed by atoms with van der Waals surface area (Å²) in [5.74, 6) is 0.128. The first-order valence-electron chi connectivity index (χ1n) is 3.59. The molecule has 0 fully saturated rings. The molecule has 0 aromatic carbocycles. The van der Waals surface area contributed by atoms with Crippen LogP contribution in [0.4, 0.5) is 5.82 Å². The fourth-order valence-corrected chi connectivity index (χ4v) is 1.24. The Morgan fingerprint density at radius 2 is 2.00 bits per heavy atom. The molecule has 0 amide bonds. The summed E-state index contributed by atoms with van der Waals surface area (Å²) in [7, 11) is -0.710. The molecular weight excluding hydrogens is 228 g/mol. The summed E-state index contributed by atoms with van der Waals surface area (Å²) in [5.41, 5.74) is 0. The highest BCUT2D eigenvalue weighted by Crippen LogP contribution is 2.07. The Hall–Kier alpha value is -0.920. The Bertz CT molecular complexity index is 402. The number of aromatic nitrogens is 2. The van der Waals surface area contributed by atoms with Crippen LogP contribution >= 0.6 is 11.6 Å². The molecule has 6 nitrogen and oxygen atoms in total. The second-order valence-corrected chi connectivity index (χ2v) is 4.89. The predicted molar refractivity (Wildman–Crippen MR) is 53.3 cm³/mol. The van der Waals surface area contributed by atoms with Crippen molar-refractivity contribution < 1.29 is 8.42 Å². The van der Waals surface area contributed by atoms with Gasteiger partial charge in [-0.05, 0) is 0 Å². The highest BCUT2D eigenvalue weighted by Gasteiger charge is 2.13. The van der Waals surface area contributed by atoms with Gasteiger partial charge in [0.2, 0.25) is 0 Å². The summed E-state index contributed by atoms with van der Waals surface area (Å²) in [4.78, 5) is 7.41. The summed E-state index contributed by atoms with van der Waals surface area (Å²) in [6.45, 7) is 0. The second kappa shape index (κ2) is 4.07. The van der Waals surface area contributed by atoms with Crippen LogP contribution in [0.3, 0.4) is 0 Å². The minimum absolute atomic E-state index is 0.128. The third-order valence-corrected chi connectivity index (χ3v) is 2.96. The van der Waals surface area contributed by atoms with Crippen molar-refractivity contribution in [3.05, 3.63) is 17.5 Å². The lowest BCUT2D eigenvalue weighted by molar-refractivity contribution is 0.526. The van der Waals surface area contributed by atoms with Gasteiger partial charge in [-0.25, -0.2) is 9.97 Å². The van der Waals surface area contributed by atoms with E-state index in [-0.39, 0.29) is 11.0 Å². The van der Waals surface area contributed by atoms with E-state index in [1.807, 2.05) is 0 Å². The van der Waals surface area contributed by atoms with Crippen molar-refractivity contribution >= 4 is 27.6 Å². The molecule has 0 spiro atoms. The fourth-order valence-electron chi connectivity index (χ4n) is 0.588. The summed E-state index contributed by atoms with van der Waals surface area (Å²) in [6, 6.07) is 0. The van der Waals surface area contributed by atoms with E-state index in [0.29, 0.717) is 0 Å². The maximum Gasteiger partial charge on any atom is 0.302 e. The van der Waals surface area contributed by atoms with Crippen LogP contribution in [0.2, 0.25) is 5.15 Å². The molecule has 1 N–H and O–H groups in total. The SMILES string of the molecule is CN(C)S(=O)(=O)Nc1cnc(Cl)cn1. The van der Waals surface area contributed by atoms with Crippen molar-refractivity contribution in [3.63, 3.8) is 0 Å². The molecule has 0 atom stereocenters. The molecule has 0 radical (unpaired) electrons. The normalized spacial score (nSPS) is 11.7. The number of nitrogens with zero attached hydrogens (tertiary/aromatic N) is 3. The quantitative estimate of drug-likeness (QED) is 0.822. The molecule has 1 aromatic rings. The molecule has 0 aliphatic heterocycles. The van der Waals surface area contributed by atoms with E-state index >= 15 is 0 Å². The lowest BCUT2D eigenvalue weighted by Crippen LogP contribution is -2.29. The van der Waals surface area contributed by atoms with Crippen LogP contribution in [0.5, 0.6) is 0 Å². The highest BCUT2D eigenvalue weighted by atomic mass is 35.5. The Balaban J connectivity index is 2.85. The Morgan fingerprint density at radius 1 is 1.36 bits per heavy atom. The standard InChI is InChI=1S/C6H9ClN4O2S/c1-11(2)14(12,13)10-6-4-8-5(7)3-9-6/h3-4H,1-2H3,(H,9,10). The highest BCUT2D eigenvalue weighted by molar-refractivity contribution is 7.90. The minimum atomic E-state index is -3.53. The van der Waals surface area contributed by atoms with Gasteiger partial charge >= 0.3 is 10.2 Å². The summed E-state index contributed by atoms with van der Waals surface area (Å²) in [6.07, 6.45) is 2.50. The van der Waals surface area contributed by atoms with E-state index in [0.717, 1.165) is 4.31 Å². The molecule has 1 aromatic heterocycles. The van der Waals surface area contributed by atoms with Gasteiger partial charge in [-0.15, -0.1) is 0 Å². The zero-order chi connectivity index (χ0) is 10.8. The van der Waals surface area contributed by atoms with Crippen LogP contribution in [0, 0.1) is 0 Å². The van der Waals surface area contributed by atoms with Crippen LogP contribution in [-0.4, -0.2) is 36.8 Å². The van der Waals surface area contributed by atoms with E-state index < -0.39 is 10.2 Å². The number of hydrogen-bond donors (Lipinski definition) is 1. The monoisotopic (exact) mass is 236 g/mol. The summed E-state index contributed by atoms with van der Waals surface area (Å²) < 4.78 is 25.8. The van der Waals surface area contributed by atoms with Gasteiger partial charge < -0.3 is 0 Å². The Kier molecular flexibility index (Phi) is 3.25. The van der Waals surface area contributed by atoms with Crippen molar-refractivity contribution in [2.75, 3.05) is 18.8 Å². The van der Waals surface area contributed by atoms with Gasteiger partial charge in [-0.1, -0.05) is 11.6 Å². The third-order valence-electron chi connectivity index (χ3n) is 1.33. The number of halogens is 1. The van der Waals surface area contributed by atoms with Crippen molar-refractivity contribution in [1.82, 2.24) is 14.3 Å².